The molecule has 3 N–H and O–H groups in total. The van der Waals surface area contributed by atoms with Gasteiger partial charge in [-0.3, -0.25) is 4.98 Å². The molecule has 0 unspecified atom stereocenters. The summed E-state index contributed by atoms with van der Waals surface area (Å²) < 4.78 is 18.9. The standard InChI is InChI=1S/C16H13BrFN3O/c1-22-16-8-15-10(7-13(16)19)14(4-5-20-15)21-9-2-3-12(18)11(17)6-9/h2-8H,19H2,1H3,(H,20,21). The summed E-state index contributed by atoms with van der Waals surface area (Å²) in [6, 6.07) is 10.2. The number of fused-ring (bicyclic) bond motifs is 1. The zero-order chi connectivity index (χ0) is 15.7. The molecule has 0 saturated heterocycles. The van der Waals surface area contributed by atoms with Gasteiger partial charge < -0.3 is 15.8 Å². The summed E-state index contributed by atoms with van der Waals surface area (Å²) in [4.78, 5) is 4.32. The maximum Gasteiger partial charge on any atom is 0.143 e. The van der Waals surface area contributed by atoms with Crippen LogP contribution in [0.3, 0.4) is 0 Å². The van der Waals surface area contributed by atoms with Gasteiger partial charge in [0.25, 0.3) is 0 Å². The molecule has 0 aliphatic heterocycles. The van der Waals surface area contributed by atoms with Crippen LogP contribution in [0.25, 0.3) is 10.9 Å². The number of aromatic nitrogens is 1. The van der Waals surface area contributed by atoms with Crippen molar-refractivity contribution in [2.45, 2.75) is 0 Å². The number of pyridine rings is 1. The molecule has 0 aliphatic carbocycles. The second kappa shape index (κ2) is 5.81. The molecule has 4 nitrogen and oxygen atoms in total. The van der Waals surface area contributed by atoms with E-state index >= 15 is 0 Å². The van der Waals surface area contributed by atoms with Crippen LogP contribution in [0.4, 0.5) is 21.5 Å². The van der Waals surface area contributed by atoms with Crippen LogP contribution >= 0.6 is 15.9 Å². The third-order valence-corrected chi connectivity index (χ3v) is 3.90. The third kappa shape index (κ3) is 2.69. The molecule has 22 heavy (non-hydrogen) atoms. The number of methoxy groups -OCH3 is 1. The van der Waals surface area contributed by atoms with E-state index in [4.69, 9.17) is 10.5 Å². The van der Waals surface area contributed by atoms with Crippen LogP contribution in [0.1, 0.15) is 0 Å². The molecule has 0 aliphatic rings. The maximum absolute atomic E-state index is 13.3. The fraction of sp³-hybridized carbons (Fsp3) is 0.0625. The lowest BCUT2D eigenvalue weighted by atomic mass is 10.1. The van der Waals surface area contributed by atoms with Crippen molar-refractivity contribution in [2.75, 3.05) is 18.2 Å². The first-order valence-corrected chi connectivity index (χ1v) is 7.32. The molecular formula is C16H13BrFN3O. The number of benzene rings is 2. The molecule has 3 rings (SSSR count). The number of nitrogens with zero attached hydrogens (tertiary/aromatic N) is 1. The smallest absolute Gasteiger partial charge is 0.143 e. The number of nitrogens with two attached hydrogens (primary N) is 1. The quantitative estimate of drug-likeness (QED) is 0.675. The van der Waals surface area contributed by atoms with Gasteiger partial charge in [0.2, 0.25) is 0 Å². The van der Waals surface area contributed by atoms with Crippen molar-refractivity contribution in [2.24, 2.45) is 0 Å². The highest BCUT2D eigenvalue weighted by Gasteiger charge is 2.08. The Morgan fingerprint density at radius 1 is 1.23 bits per heavy atom. The van der Waals surface area contributed by atoms with Crippen molar-refractivity contribution in [3.05, 3.63) is 52.9 Å². The van der Waals surface area contributed by atoms with E-state index in [1.165, 1.54) is 6.07 Å². The van der Waals surface area contributed by atoms with Crippen LogP contribution in [-0.2, 0) is 0 Å². The van der Waals surface area contributed by atoms with E-state index < -0.39 is 0 Å². The molecule has 0 atom stereocenters. The zero-order valence-corrected chi connectivity index (χ0v) is 13.3. The highest BCUT2D eigenvalue weighted by atomic mass is 79.9. The Hall–Kier alpha value is -2.34. The highest BCUT2D eigenvalue weighted by molar-refractivity contribution is 9.10. The van der Waals surface area contributed by atoms with E-state index in [1.807, 2.05) is 12.1 Å². The van der Waals surface area contributed by atoms with Gasteiger partial charge in [-0.15, -0.1) is 0 Å². The zero-order valence-electron chi connectivity index (χ0n) is 11.7. The molecule has 1 aromatic heterocycles. The molecule has 0 amide bonds. The average molecular weight is 362 g/mol. The van der Waals surface area contributed by atoms with Crippen molar-refractivity contribution >= 4 is 43.9 Å². The number of ether oxygens (including phenoxy) is 1. The van der Waals surface area contributed by atoms with Gasteiger partial charge in [-0.05, 0) is 46.3 Å². The molecule has 0 saturated carbocycles. The molecule has 2 aromatic carbocycles. The first-order chi connectivity index (χ1) is 10.6. The fourth-order valence-corrected chi connectivity index (χ4v) is 2.58. The first kappa shape index (κ1) is 14.6. The van der Waals surface area contributed by atoms with Gasteiger partial charge in [-0.2, -0.15) is 0 Å². The van der Waals surface area contributed by atoms with Gasteiger partial charge in [-0.25, -0.2) is 4.39 Å². The number of hydrogen-bond acceptors (Lipinski definition) is 4. The molecule has 0 radical (unpaired) electrons. The highest BCUT2D eigenvalue weighted by Crippen LogP contribution is 2.32. The van der Waals surface area contributed by atoms with Crippen LogP contribution in [-0.4, -0.2) is 12.1 Å². The van der Waals surface area contributed by atoms with Crippen molar-refractivity contribution < 1.29 is 9.13 Å². The predicted octanol–water partition coefficient (Wildman–Crippen LogP) is 4.47. The molecule has 6 heteroatoms. The van der Waals surface area contributed by atoms with Gasteiger partial charge in [0.15, 0.2) is 0 Å². The number of anilines is 3. The summed E-state index contributed by atoms with van der Waals surface area (Å²) in [5.41, 5.74) is 8.85. The van der Waals surface area contributed by atoms with E-state index in [1.54, 1.807) is 31.5 Å². The van der Waals surface area contributed by atoms with E-state index in [9.17, 15) is 4.39 Å². The minimum Gasteiger partial charge on any atom is -0.495 e. The number of rotatable bonds is 3. The van der Waals surface area contributed by atoms with Gasteiger partial charge in [0.1, 0.15) is 11.6 Å². The molecule has 0 fully saturated rings. The van der Waals surface area contributed by atoms with E-state index in [0.717, 1.165) is 22.3 Å². The maximum atomic E-state index is 13.3. The Morgan fingerprint density at radius 3 is 2.77 bits per heavy atom. The SMILES string of the molecule is COc1cc2nccc(Nc3ccc(F)c(Br)c3)c2cc1N. The van der Waals surface area contributed by atoms with Crippen LogP contribution < -0.4 is 15.8 Å². The second-order valence-electron chi connectivity index (χ2n) is 4.72. The summed E-state index contributed by atoms with van der Waals surface area (Å²) in [6.07, 6.45) is 1.69. The van der Waals surface area contributed by atoms with E-state index in [-0.39, 0.29) is 5.82 Å². The Labute approximate surface area is 135 Å². The van der Waals surface area contributed by atoms with Gasteiger partial charge in [0.05, 0.1) is 22.8 Å². The number of hydrogen-bond donors (Lipinski definition) is 2. The Bertz CT molecular complexity index is 854. The number of halogens is 2. The van der Waals surface area contributed by atoms with Crippen LogP contribution in [0, 0.1) is 5.82 Å². The van der Waals surface area contributed by atoms with Crippen LogP contribution in [0.5, 0.6) is 5.75 Å². The molecule has 0 spiro atoms. The molecule has 112 valence electrons. The van der Waals surface area contributed by atoms with Crippen molar-refractivity contribution in [3.63, 3.8) is 0 Å². The Kier molecular flexibility index (Phi) is 3.85. The summed E-state index contributed by atoms with van der Waals surface area (Å²) >= 11 is 3.18. The monoisotopic (exact) mass is 361 g/mol. The average Bonchev–Trinajstić information content (AvgIpc) is 2.51. The summed E-state index contributed by atoms with van der Waals surface area (Å²) in [5.74, 6) is 0.279. The van der Waals surface area contributed by atoms with Crippen molar-refractivity contribution in [1.29, 1.82) is 0 Å². The number of nitrogens with one attached hydrogen (secondary N) is 1. The predicted molar refractivity (Wildman–Crippen MR) is 90.1 cm³/mol. The van der Waals surface area contributed by atoms with Gasteiger partial charge in [-0.1, -0.05) is 0 Å². The lowest BCUT2D eigenvalue weighted by Gasteiger charge is -2.12. The lowest BCUT2D eigenvalue weighted by Crippen LogP contribution is -1.96. The molecule has 0 bridgehead atoms. The second-order valence-corrected chi connectivity index (χ2v) is 5.58. The summed E-state index contributed by atoms with van der Waals surface area (Å²) in [7, 11) is 1.57. The Balaban J connectivity index is 2.06. The molecule has 3 aromatic rings. The summed E-state index contributed by atoms with van der Waals surface area (Å²) in [6.45, 7) is 0. The first-order valence-electron chi connectivity index (χ1n) is 6.53. The fourth-order valence-electron chi connectivity index (χ4n) is 2.21. The van der Waals surface area contributed by atoms with Gasteiger partial charge in [0, 0.05) is 29.0 Å². The largest absolute Gasteiger partial charge is 0.495 e. The van der Waals surface area contributed by atoms with Crippen LogP contribution in [0.15, 0.2) is 47.1 Å². The molecular weight excluding hydrogens is 349 g/mol. The van der Waals surface area contributed by atoms with Crippen LogP contribution in [0.2, 0.25) is 0 Å². The van der Waals surface area contributed by atoms with Crippen molar-refractivity contribution in [3.8, 4) is 5.75 Å². The third-order valence-electron chi connectivity index (χ3n) is 3.29. The topological polar surface area (TPSA) is 60.2 Å². The lowest BCUT2D eigenvalue weighted by molar-refractivity contribution is 0.417. The van der Waals surface area contributed by atoms with Gasteiger partial charge >= 0.3 is 0 Å². The minimum absolute atomic E-state index is 0.306. The number of nitrogen functional groups attached to an aromatic ring is 1. The normalized spacial score (nSPS) is 10.7. The molecule has 1 heterocycles. The van der Waals surface area contributed by atoms with Crippen molar-refractivity contribution in [1.82, 2.24) is 4.98 Å². The Morgan fingerprint density at radius 2 is 2.05 bits per heavy atom. The van der Waals surface area contributed by atoms with E-state index in [0.29, 0.717) is 15.9 Å². The minimum atomic E-state index is -0.306. The van der Waals surface area contributed by atoms with E-state index in [2.05, 4.69) is 26.2 Å². The summed E-state index contributed by atoms with van der Waals surface area (Å²) in [5, 5.41) is 4.11.